The number of nitrogens with one attached hydrogen (secondary N) is 2. The summed E-state index contributed by atoms with van der Waals surface area (Å²) in [6.45, 7) is 3.06. The van der Waals surface area contributed by atoms with Crippen molar-refractivity contribution in [3.63, 3.8) is 0 Å². The van der Waals surface area contributed by atoms with Crippen molar-refractivity contribution in [3.05, 3.63) is 58.6 Å². The van der Waals surface area contributed by atoms with Crippen LogP contribution in [0.1, 0.15) is 23.0 Å². The standard InChI is InChI=1S/C18H14ClFN2O3/c1-9-12-4-3-5-13(19)17(12)25-16(9)18(24)22-15-8-11(21-10(2)23)6-7-14(15)20/h3-8H,1-2H3,(H,21,23)(H,22,24). The number of hydrogen-bond acceptors (Lipinski definition) is 3. The van der Waals surface area contributed by atoms with Gasteiger partial charge in [0.25, 0.3) is 5.91 Å². The van der Waals surface area contributed by atoms with Gasteiger partial charge >= 0.3 is 0 Å². The van der Waals surface area contributed by atoms with Crippen molar-refractivity contribution < 1.29 is 18.4 Å². The maximum Gasteiger partial charge on any atom is 0.291 e. The third-order valence-electron chi connectivity index (χ3n) is 3.66. The van der Waals surface area contributed by atoms with Crippen LogP contribution in [-0.4, -0.2) is 11.8 Å². The Bertz CT molecular complexity index is 997. The van der Waals surface area contributed by atoms with E-state index in [1.54, 1.807) is 25.1 Å². The predicted octanol–water partition coefficient (Wildman–Crippen LogP) is 4.74. The Balaban J connectivity index is 1.94. The minimum atomic E-state index is -0.630. The lowest BCUT2D eigenvalue weighted by atomic mass is 10.1. The number of fused-ring (bicyclic) bond motifs is 1. The van der Waals surface area contributed by atoms with Gasteiger partial charge in [-0.1, -0.05) is 23.7 Å². The van der Waals surface area contributed by atoms with Gasteiger partial charge in [0, 0.05) is 23.6 Å². The maximum atomic E-state index is 14.0. The maximum absolute atomic E-state index is 14.0. The first kappa shape index (κ1) is 17.0. The molecule has 7 heteroatoms. The summed E-state index contributed by atoms with van der Waals surface area (Å²) >= 11 is 6.08. The van der Waals surface area contributed by atoms with E-state index in [0.717, 1.165) is 6.07 Å². The van der Waals surface area contributed by atoms with Gasteiger partial charge in [-0.2, -0.15) is 0 Å². The smallest absolute Gasteiger partial charge is 0.291 e. The molecule has 0 aliphatic carbocycles. The number of carbonyl (C=O) groups excluding carboxylic acids is 2. The van der Waals surface area contributed by atoms with E-state index in [9.17, 15) is 14.0 Å². The van der Waals surface area contributed by atoms with E-state index in [0.29, 0.717) is 27.2 Å². The number of amides is 2. The van der Waals surface area contributed by atoms with Crippen LogP contribution in [0.3, 0.4) is 0 Å². The molecule has 3 aromatic rings. The Kier molecular flexibility index (Phi) is 4.46. The summed E-state index contributed by atoms with van der Waals surface area (Å²) in [4.78, 5) is 23.6. The number of carbonyl (C=O) groups is 2. The van der Waals surface area contributed by atoms with Gasteiger partial charge in [-0.15, -0.1) is 0 Å². The molecule has 128 valence electrons. The van der Waals surface area contributed by atoms with E-state index in [1.807, 2.05) is 0 Å². The van der Waals surface area contributed by atoms with Gasteiger partial charge in [0.2, 0.25) is 5.91 Å². The summed E-state index contributed by atoms with van der Waals surface area (Å²) in [5.74, 6) is -1.49. The third kappa shape index (κ3) is 3.34. The summed E-state index contributed by atoms with van der Waals surface area (Å²) in [6, 6.07) is 9.09. The van der Waals surface area contributed by atoms with Crippen LogP contribution in [0.2, 0.25) is 5.02 Å². The van der Waals surface area contributed by atoms with E-state index in [2.05, 4.69) is 10.6 Å². The lowest BCUT2D eigenvalue weighted by Gasteiger charge is -2.08. The molecule has 2 amide bonds. The molecule has 0 spiro atoms. The fraction of sp³-hybridized carbons (Fsp3) is 0.111. The monoisotopic (exact) mass is 360 g/mol. The fourth-order valence-electron chi connectivity index (χ4n) is 2.51. The SMILES string of the molecule is CC(=O)Nc1ccc(F)c(NC(=O)c2oc3c(Cl)cccc3c2C)c1. The zero-order valence-electron chi connectivity index (χ0n) is 13.4. The topological polar surface area (TPSA) is 71.3 Å². The molecule has 0 aliphatic rings. The first-order valence-electron chi connectivity index (χ1n) is 7.43. The van der Waals surface area contributed by atoms with Gasteiger partial charge in [0.15, 0.2) is 11.3 Å². The van der Waals surface area contributed by atoms with Crippen molar-refractivity contribution in [2.24, 2.45) is 0 Å². The number of hydrogen-bond donors (Lipinski definition) is 2. The summed E-state index contributed by atoms with van der Waals surface area (Å²) < 4.78 is 19.5. The molecule has 0 unspecified atom stereocenters. The summed E-state index contributed by atoms with van der Waals surface area (Å²) in [5.41, 5.74) is 1.31. The van der Waals surface area contributed by atoms with Crippen LogP contribution in [0.25, 0.3) is 11.0 Å². The second-order valence-electron chi connectivity index (χ2n) is 5.50. The van der Waals surface area contributed by atoms with Crippen molar-refractivity contribution in [2.75, 3.05) is 10.6 Å². The number of para-hydroxylation sites is 1. The average molecular weight is 361 g/mol. The summed E-state index contributed by atoms with van der Waals surface area (Å²) in [6.07, 6.45) is 0. The van der Waals surface area contributed by atoms with Gasteiger partial charge in [0.05, 0.1) is 10.7 Å². The molecule has 0 saturated carbocycles. The van der Waals surface area contributed by atoms with Crippen molar-refractivity contribution >= 4 is 45.8 Å². The van der Waals surface area contributed by atoms with Gasteiger partial charge in [-0.25, -0.2) is 4.39 Å². The van der Waals surface area contributed by atoms with Crippen LogP contribution < -0.4 is 10.6 Å². The predicted molar refractivity (Wildman–Crippen MR) is 94.6 cm³/mol. The number of anilines is 2. The molecule has 0 radical (unpaired) electrons. The largest absolute Gasteiger partial charge is 0.449 e. The first-order valence-corrected chi connectivity index (χ1v) is 7.80. The Morgan fingerprint density at radius 1 is 1.16 bits per heavy atom. The quantitative estimate of drug-likeness (QED) is 0.708. The van der Waals surface area contributed by atoms with Crippen LogP contribution in [-0.2, 0) is 4.79 Å². The zero-order valence-corrected chi connectivity index (χ0v) is 14.2. The third-order valence-corrected chi connectivity index (χ3v) is 3.95. The fourth-order valence-corrected chi connectivity index (χ4v) is 2.72. The zero-order chi connectivity index (χ0) is 18.1. The molecule has 25 heavy (non-hydrogen) atoms. The molecule has 2 N–H and O–H groups in total. The second-order valence-corrected chi connectivity index (χ2v) is 5.91. The van der Waals surface area contributed by atoms with E-state index in [-0.39, 0.29) is 17.4 Å². The van der Waals surface area contributed by atoms with E-state index in [4.69, 9.17) is 16.0 Å². The van der Waals surface area contributed by atoms with E-state index in [1.165, 1.54) is 19.1 Å². The molecule has 0 bridgehead atoms. The van der Waals surface area contributed by atoms with Crippen LogP contribution in [0, 0.1) is 12.7 Å². The number of halogens is 2. The minimum Gasteiger partial charge on any atom is -0.449 e. The van der Waals surface area contributed by atoms with E-state index < -0.39 is 11.7 Å². The van der Waals surface area contributed by atoms with Crippen molar-refractivity contribution in [1.29, 1.82) is 0 Å². The Labute approximate surface area is 147 Å². The highest BCUT2D eigenvalue weighted by atomic mass is 35.5. The van der Waals surface area contributed by atoms with Gasteiger partial charge in [-0.3, -0.25) is 9.59 Å². The van der Waals surface area contributed by atoms with Gasteiger partial charge < -0.3 is 15.1 Å². The molecule has 1 aromatic heterocycles. The Morgan fingerprint density at radius 3 is 2.60 bits per heavy atom. The van der Waals surface area contributed by atoms with Crippen LogP contribution >= 0.6 is 11.6 Å². The summed E-state index contributed by atoms with van der Waals surface area (Å²) in [5, 5.41) is 6.09. The summed E-state index contributed by atoms with van der Waals surface area (Å²) in [7, 11) is 0. The molecule has 1 heterocycles. The molecule has 5 nitrogen and oxygen atoms in total. The van der Waals surface area contributed by atoms with Gasteiger partial charge in [-0.05, 0) is 31.2 Å². The number of furan rings is 1. The van der Waals surface area contributed by atoms with Crippen LogP contribution in [0.15, 0.2) is 40.8 Å². The number of benzene rings is 2. The Morgan fingerprint density at radius 2 is 1.92 bits per heavy atom. The molecule has 0 fully saturated rings. The highest BCUT2D eigenvalue weighted by molar-refractivity contribution is 6.35. The van der Waals surface area contributed by atoms with Crippen molar-refractivity contribution in [1.82, 2.24) is 0 Å². The minimum absolute atomic E-state index is 0.0485. The molecule has 0 saturated heterocycles. The number of aryl methyl sites for hydroxylation is 1. The highest BCUT2D eigenvalue weighted by Gasteiger charge is 2.20. The molecule has 0 aliphatic heterocycles. The second kappa shape index (κ2) is 6.57. The lowest BCUT2D eigenvalue weighted by Crippen LogP contribution is -2.14. The van der Waals surface area contributed by atoms with Crippen molar-refractivity contribution in [3.8, 4) is 0 Å². The Hall–Kier alpha value is -2.86. The van der Waals surface area contributed by atoms with Crippen LogP contribution in [0.5, 0.6) is 0 Å². The average Bonchev–Trinajstić information content (AvgIpc) is 2.89. The molecular weight excluding hydrogens is 347 g/mol. The highest BCUT2D eigenvalue weighted by Crippen LogP contribution is 2.31. The number of rotatable bonds is 3. The van der Waals surface area contributed by atoms with Crippen LogP contribution in [0.4, 0.5) is 15.8 Å². The van der Waals surface area contributed by atoms with Gasteiger partial charge in [0.1, 0.15) is 5.82 Å². The lowest BCUT2D eigenvalue weighted by molar-refractivity contribution is -0.114. The molecule has 0 atom stereocenters. The molecule has 3 rings (SSSR count). The molecular formula is C18H14ClFN2O3. The first-order chi connectivity index (χ1) is 11.9. The normalized spacial score (nSPS) is 10.7. The molecule has 2 aromatic carbocycles. The van der Waals surface area contributed by atoms with E-state index >= 15 is 0 Å². The van der Waals surface area contributed by atoms with Crippen molar-refractivity contribution in [2.45, 2.75) is 13.8 Å².